The van der Waals surface area contributed by atoms with Crippen LogP contribution in [-0.2, 0) is 11.3 Å². The van der Waals surface area contributed by atoms with Crippen LogP contribution in [0.15, 0.2) is 79.3 Å². The molecule has 0 bridgehead atoms. The number of aryl methyl sites for hydroxylation is 1. The van der Waals surface area contributed by atoms with Crippen LogP contribution in [0.3, 0.4) is 0 Å². The number of carbonyl (C=O) groups excluding carboxylic acids is 2. The SMILES string of the molecule is Cc1ccc(NC(=O)c2ccc(CN3CC[N+](C)(COC(=O)NC(C)C)CC3)cc2)cc1Nc1nccc(-c2cccnc2)n1.[I-]. The molecule has 0 atom stereocenters. The van der Waals surface area contributed by atoms with Crippen LogP contribution in [0.4, 0.5) is 22.1 Å². The summed E-state index contributed by atoms with van der Waals surface area (Å²) in [6, 6.07) is 19.2. The molecule has 0 saturated carbocycles. The molecule has 0 unspecified atom stereocenters. The van der Waals surface area contributed by atoms with Gasteiger partial charge in [-0.2, -0.15) is 0 Å². The van der Waals surface area contributed by atoms with Crippen LogP contribution in [0.2, 0.25) is 0 Å². The molecule has 3 heterocycles. The second-order valence-corrected chi connectivity index (χ2v) is 12.0. The van der Waals surface area contributed by atoms with E-state index in [1.165, 1.54) is 0 Å². The van der Waals surface area contributed by atoms with Gasteiger partial charge in [-0.25, -0.2) is 14.8 Å². The summed E-state index contributed by atoms with van der Waals surface area (Å²) in [5.74, 6) is 0.275. The number of anilines is 3. The monoisotopic (exact) mass is 736 g/mol. The first kappa shape index (κ1) is 34.7. The third kappa shape index (κ3) is 9.68. The standard InChI is InChI=1S/C34H40N8O3.HI/c1-24(2)37-34(44)45-23-42(4)18-16-41(17-19-42)22-26-8-10-27(11-9-26)32(43)38-29-12-7-25(3)31(20-29)40-33-36-15-13-30(39-33)28-6-5-14-35-21-28;/h5-15,20-21,24H,16-19,22-23H2,1-4H3,(H2-,36,37,38,39,40,43,44);1H. The quantitative estimate of drug-likeness (QED) is 0.168. The fraction of sp³-hybridized carbons (Fsp3) is 0.324. The van der Waals surface area contributed by atoms with E-state index in [4.69, 9.17) is 4.74 Å². The van der Waals surface area contributed by atoms with Gasteiger partial charge in [-0.05, 0) is 74.4 Å². The van der Waals surface area contributed by atoms with Crippen molar-refractivity contribution >= 4 is 29.3 Å². The summed E-state index contributed by atoms with van der Waals surface area (Å²) in [4.78, 5) is 40.5. The lowest BCUT2D eigenvalue weighted by Crippen LogP contribution is -3.00. The highest BCUT2D eigenvalue weighted by molar-refractivity contribution is 6.04. The number of nitrogens with one attached hydrogen (secondary N) is 3. The molecule has 1 saturated heterocycles. The fourth-order valence-corrected chi connectivity index (χ4v) is 5.04. The van der Waals surface area contributed by atoms with Gasteiger partial charge < -0.3 is 44.7 Å². The van der Waals surface area contributed by atoms with Gasteiger partial charge in [0.1, 0.15) is 0 Å². The van der Waals surface area contributed by atoms with E-state index in [0.29, 0.717) is 28.4 Å². The molecule has 0 aliphatic carbocycles. The molecule has 11 nitrogen and oxygen atoms in total. The summed E-state index contributed by atoms with van der Waals surface area (Å²) >= 11 is 0. The number of piperazine rings is 1. The third-order valence-electron chi connectivity index (χ3n) is 7.80. The number of benzene rings is 2. The highest BCUT2D eigenvalue weighted by atomic mass is 127. The van der Waals surface area contributed by atoms with Crippen LogP contribution >= 0.6 is 0 Å². The van der Waals surface area contributed by atoms with Gasteiger partial charge in [0, 0.05) is 66.8 Å². The Morgan fingerprint density at radius 3 is 2.48 bits per heavy atom. The Labute approximate surface area is 287 Å². The van der Waals surface area contributed by atoms with Crippen molar-refractivity contribution in [3.05, 3.63) is 95.9 Å². The molecular weight excluding hydrogens is 695 g/mol. The maximum Gasteiger partial charge on any atom is 0.411 e. The number of rotatable bonds is 10. The van der Waals surface area contributed by atoms with Crippen LogP contribution in [-0.4, -0.2) is 82.3 Å². The minimum Gasteiger partial charge on any atom is -1.00 e. The predicted molar refractivity (Wildman–Crippen MR) is 175 cm³/mol. The number of hydrogen-bond acceptors (Lipinski definition) is 8. The summed E-state index contributed by atoms with van der Waals surface area (Å²) in [6.07, 6.45) is 4.82. The zero-order valence-corrected chi connectivity index (χ0v) is 28.8. The second-order valence-electron chi connectivity index (χ2n) is 12.0. The number of carbonyl (C=O) groups is 2. The zero-order chi connectivity index (χ0) is 31.8. The molecule has 4 aromatic rings. The molecule has 0 radical (unpaired) electrons. The lowest BCUT2D eigenvalue weighted by Gasteiger charge is -2.41. The topological polar surface area (TPSA) is 121 Å². The number of hydrogen-bond donors (Lipinski definition) is 3. The Morgan fingerprint density at radius 2 is 1.78 bits per heavy atom. The first-order valence-electron chi connectivity index (χ1n) is 15.2. The maximum atomic E-state index is 13.1. The average Bonchev–Trinajstić information content (AvgIpc) is 3.03. The minimum absolute atomic E-state index is 0. The van der Waals surface area contributed by atoms with E-state index in [1.807, 2.05) is 81.4 Å². The Bertz CT molecular complexity index is 1610. The molecule has 2 aromatic heterocycles. The second kappa shape index (κ2) is 15.9. The van der Waals surface area contributed by atoms with Crippen molar-refractivity contribution in [3.8, 4) is 11.3 Å². The van der Waals surface area contributed by atoms with E-state index in [2.05, 4.69) is 42.8 Å². The van der Waals surface area contributed by atoms with Gasteiger partial charge in [-0.3, -0.25) is 19.2 Å². The Balaban J connectivity index is 0.00000480. The smallest absolute Gasteiger partial charge is 0.411 e. The van der Waals surface area contributed by atoms with Crippen molar-refractivity contribution < 1.29 is 42.8 Å². The fourth-order valence-electron chi connectivity index (χ4n) is 5.04. The highest BCUT2D eigenvalue weighted by Gasteiger charge is 2.30. The summed E-state index contributed by atoms with van der Waals surface area (Å²) in [6.45, 7) is 10.6. The zero-order valence-electron chi connectivity index (χ0n) is 26.7. The normalized spacial score (nSPS) is 14.2. The van der Waals surface area contributed by atoms with Gasteiger partial charge in [-0.15, -0.1) is 0 Å². The largest absolute Gasteiger partial charge is 1.00 e. The summed E-state index contributed by atoms with van der Waals surface area (Å²) in [5, 5.41) is 9.06. The number of aromatic nitrogens is 3. The Kier molecular flexibility index (Phi) is 12.0. The third-order valence-corrected chi connectivity index (χ3v) is 7.80. The van der Waals surface area contributed by atoms with Crippen LogP contribution in [0.5, 0.6) is 0 Å². The molecule has 0 spiro atoms. The summed E-state index contributed by atoms with van der Waals surface area (Å²) in [7, 11) is 2.12. The molecule has 1 aliphatic rings. The van der Waals surface area contributed by atoms with Crippen molar-refractivity contribution in [1.29, 1.82) is 0 Å². The molecule has 2 amide bonds. The van der Waals surface area contributed by atoms with Crippen LogP contribution in [0, 0.1) is 6.92 Å². The van der Waals surface area contributed by atoms with Crippen molar-refractivity contribution in [3.63, 3.8) is 0 Å². The number of likely N-dealkylation sites (N-methyl/N-ethyl adjacent to an activating group) is 1. The number of alkyl carbamates (subject to hydrolysis) is 1. The summed E-state index contributed by atoms with van der Waals surface area (Å²) < 4.78 is 6.14. The van der Waals surface area contributed by atoms with E-state index >= 15 is 0 Å². The summed E-state index contributed by atoms with van der Waals surface area (Å²) in [5.41, 5.74) is 5.86. The van der Waals surface area contributed by atoms with E-state index in [0.717, 1.165) is 60.8 Å². The number of amides is 2. The molecule has 242 valence electrons. The number of halogens is 1. The number of pyridine rings is 1. The lowest BCUT2D eigenvalue weighted by molar-refractivity contribution is -0.929. The number of ether oxygens (including phenoxy) is 1. The first-order valence-corrected chi connectivity index (χ1v) is 15.2. The van der Waals surface area contributed by atoms with Crippen LogP contribution < -0.4 is 39.9 Å². The average molecular weight is 737 g/mol. The predicted octanol–water partition coefficient (Wildman–Crippen LogP) is 2.20. The molecule has 1 fully saturated rings. The van der Waals surface area contributed by atoms with Crippen molar-refractivity contribution in [2.75, 3.05) is 50.6 Å². The van der Waals surface area contributed by atoms with Gasteiger partial charge in [0.2, 0.25) is 12.7 Å². The van der Waals surface area contributed by atoms with E-state index in [-0.39, 0.29) is 42.0 Å². The Morgan fingerprint density at radius 1 is 1.02 bits per heavy atom. The molecule has 46 heavy (non-hydrogen) atoms. The number of nitrogens with zero attached hydrogens (tertiary/aromatic N) is 5. The van der Waals surface area contributed by atoms with Crippen molar-refractivity contribution in [1.82, 2.24) is 25.2 Å². The molecule has 2 aromatic carbocycles. The van der Waals surface area contributed by atoms with E-state index in [9.17, 15) is 9.59 Å². The van der Waals surface area contributed by atoms with E-state index in [1.54, 1.807) is 18.6 Å². The van der Waals surface area contributed by atoms with Gasteiger partial charge in [0.15, 0.2) is 0 Å². The van der Waals surface area contributed by atoms with Crippen molar-refractivity contribution in [2.24, 2.45) is 0 Å². The van der Waals surface area contributed by atoms with Gasteiger partial charge in [-0.1, -0.05) is 18.2 Å². The van der Waals surface area contributed by atoms with E-state index < -0.39 is 0 Å². The van der Waals surface area contributed by atoms with Gasteiger partial charge in [0.25, 0.3) is 5.91 Å². The minimum atomic E-state index is -0.368. The van der Waals surface area contributed by atoms with Crippen LogP contribution in [0.1, 0.15) is 35.3 Å². The van der Waals surface area contributed by atoms with Crippen molar-refractivity contribution in [2.45, 2.75) is 33.4 Å². The molecule has 12 heteroatoms. The van der Waals surface area contributed by atoms with Gasteiger partial charge in [0.05, 0.1) is 25.8 Å². The highest BCUT2D eigenvalue weighted by Crippen LogP contribution is 2.25. The van der Waals surface area contributed by atoms with Crippen LogP contribution in [0.25, 0.3) is 11.3 Å². The first-order chi connectivity index (χ1) is 21.7. The molecule has 1 aliphatic heterocycles. The van der Waals surface area contributed by atoms with Gasteiger partial charge >= 0.3 is 6.09 Å². The molecular formula is C34H41IN8O3. The molecule has 3 N–H and O–H groups in total. The maximum absolute atomic E-state index is 13.1. The lowest BCUT2D eigenvalue weighted by atomic mass is 10.1. The Hall–Kier alpha value is -4.14. The number of quaternary nitrogens is 1. The molecule has 5 rings (SSSR count).